The van der Waals surface area contributed by atoms with Crippen LogP contribution in [0.3, 0.4) is 0 Å². The molecule has 1 N–H and O–H groups in total. The number of carboxylic acids is 1. The van der Waals surface area contributed by atoms with Crippen molar-refractivity contribution in [2.45, 2.75) is 64.8 Å². The van der Waals surface area contributed by atoms with Crippen LogP contribution in [0.4, 0.5) is 0 Å². The largest absolute Gasteiger partial charge is 0.481 e. The van der Waals surface area contributed by atoms with E-state index < -0.39 is 11.4 Å². The van der Waals surface area contributed by atoms with Crippen LogP contribution in [0, 0.1) is 5.41 Å². The van der Waals surface area contributed by atoms with E-state index in [1.807, 2.05) is 13.8 Å². The Morgan fingerprint density at radius 1 is 1.29 bits per heavy atom. The molecule has 1 rings (SSSR count). The van der Waals surface area contributed by atoms with E-state index in [1.54, 1.807) is 0 Å². The lowest BCUT2D eigenvalue weighted by molar-refractivity contribution is -0.147. The molecule has 1 aliphatic carbocycles. The number of carbonyl (C=O) groups is 1. The lowest BCUT2D eigenvalue weighted by Crippen LogP contribution is -2.30. The zero-order valence-corrected chi connectivity index (χ0v) is 11.5. The number of hydrogen-bond acceptors (Lipinski definition) is 2. The van der Waals surface area contributed by atoms with Crippen molar-refractivity contribution in [1.82, 2.24) is 4.90 Å². The van der Waals surface area contributed by atoms with Crippen LogP contribution in [0.2, 0.25) is 0 Å². The highest BCUT2D eigenvalue weighted by Crippen LogP contribution is 2.25. The number of unbranched alkanes of at least 4 members (excludes halogenated alkanes) is 1. The number of carboxylic acid groups (broad SMARTS) is 1. The highest BCUT2D eigenvalue weighted by atomic mass is 16.4. The molecular formula is C14H27NO2. The molecule has 0 atom stereocenters. The van der Waals surface area contributed by atoms with Crippen LogP contribution in [-0.4, -0.2) is 35.6 Å². The van der Waals surface area contributed by atoms with Crippen molar-refractivity contribution in [3.8, 4) is 0 Å². The molecule has 1 aliphatic rings. The molecule has 0 aromatic heterocycles. The second-order valence-electron chi connectivity index (χ2n) is 6.07. The van der Waals surface area contributed by atoms with Crippen molar-refractivity contribution < 1.29 is 9.90 Å². The highest BCUT2D eigenvalue weighted by Gasteiger charge is 2.26. The first-order valence-electron chi connectivity index (χ1n) is 6.87. The Bertz CT molecular complexity index is 245. The van der Waals surface area contributed by atoms with Gasteiger partial charge in [-0.1, -0.05) is 19.3 Å². The quantitative estimate of drug-likeness (QED) is 0.696. The standard InChI is InChI=1S/C14H27NO2/c1-14(2,13(16)17)10-6-7-11-15(3)12-8-4-5-9-12/h12H,4-11H2,1-3H3,(H,16,17). The van der Waals surface area contributed by atoms with Gasteiger partial charge in [0.2, 0.25) is 0 Å². The van der Waals surface area contributed by atoms with Gasteiger partial charge < -0.3 is 10.0 Å². The zero-order chi connectivity index (χ0) is 12.9. The van der Waals surface area contributed by atoms with Gasteiger partial charge in [-0.05, 0) is 53.1 Å². The monoisotopic (exact) mass is 241 g/mol. The minimum absolute atomic E-state index is 0.564. The number of hydrogen-bond donors (Lipinski definition) is 1. The summed E-state index contributed by atoms with van der Waals surface area (Å²) < 4.78 is 0. The van der Waals surface area contributed by atoms with E-state index in [0.29, 0.717) is 0 Å². The summed E-state index contributed by atoms with van der Waals surface area (Å²) in [5.74, 6) is -0.679. The van der Waals surface area contributed by atoms with Crippen molar-refractivity contribution >= 4 is 5.97 Å². The van der Waals surface area contributed by atoms with Crippen molar-refractivity contribution in [2.75, 3.05) is 13.6 Å². The van der Waals surface area contributed by atoms with E-state index in [2.05, 4.69) is 11.9 Å². The van der Waals surface area contributed by atoms with Gasteiger partial charge in [0.05, 0.1) is 5.41 Å². The summed E-state index contributed by atoms with van der Waals surface area (Å²) >= 11 is 0. The van der Waals surface area contributed by atoms with Crippen molar-refractivity contribution in [3.63, 3.8) is 0 Å². The van der Waals surface area contributed by atoms with Gasteiger partial charge in [0.25, 0.3) is 0 Å². The molecule has 0 aromatic carbocycles. The van der Waals surface area contributed by atoms with Gasteiger partial charge in [-0.3, -0.25) is 4.79 Å². The second-order valence-corrected chi connectivity index (χ2v) is 6.07. The highest BCUT2D eigenvalue weighted by molar-refractivity contribution is 5.73. The summed E-state index contributed by atoms with van der Waals surface area (Å²) in [6.45, 7) is 4.74. The summed E-state index contributed by atoms with van der Waals surface area (Å²) in [6, 6.07) is 0.780. The first-order chi connectivity index (χ1) is 7.93. The van der Waals surface area contributed by atoms with Crippen molar-refractivity contribution in [3.05, 3.63) is 0 Å². The van der Waals surface area contributed by atoms with E-state index in [0.717, 1.165) is 31.8 Å². The maximum atomic E-state index is 10.9. The van der Waals surface area contributed by atoms with E-state index in [4.69, 9.17) is 5.11 Å². The predicted octanol–water partition coefficient (Wildman–Crippen LogP) is 3.14. The fourth-order valence-electron chi connectivity index (χ4n) is 2.56. The van der Waals surface area contributed by atoms with Gasteiger partial charge in [-0.15, -0.1) is 0 Å². The van der Waals surface area contributed by atoms with E-state index in [1.165, 1.54) is 25.7 Å². The topological polar surface area (TPSA) is 40.5 Å². The van der Waals surface area contributed by atoms with E-state index in [9.17, 15) is 4.79 Å². The molecule has 3 heteroatoms. The average Bonchev–Trinajstić information content (AvgIpc) is 2.77. The third-order valence-corrected chi connectivity index (χ3v) is 4.09. The van der Waals surface area contributed by atoms with Gasteiger partial charge in [0.15, 0.2) is 0 Å². The number of aliphatic carboxylic acids is 1. The summed E-state index contributed by atoms with van der Waals surface area (Å²) in [5.41, 5.74) is -0.564. The Morgan fingerprint density at radius 3 is 2.41 bits per heavy atom. The molecule has 0 heterocycles. The third kappa shape index (κ3) is 4.66. The minimum atomic E-state index is -0.679. The lowest BCUT2D eigenvalue weighted by Gasteiger charge is -2.24. The molecule has 0 amide bonds. The average molecular weight is 241 g/mol. The minimum Gasteiger partial charge on any atom is -0.481 e. The van der Waals surface area contributed by atoms with Crippen LogP contribution in [0.1, 0.15) is 58.8 Å². The molecule has 0 unspecified atom stereocenters. The fourth-order valence-corrected chi connectivity index (χ4v) is 2.56. The summed E-state index contributed by atoms with van der Waals surface area (Å²) in [7, 11) is 2.21. The molecule has 1 fully saturated rings. The molecule has 0 aliphatic heterocycles. The Morgan fingerprint density at radius 2 is 1.88 bits per heavy atom. The van der Waals surface area contributed by atoms with Gasteiger partial charge in [0.1, 0.15) is 0 Å². The van der Waals surface area contributed by atoms with Crippen LogP contribution < -0.4 is 0 Å². The van der Waals surface area contributed by atoms with Crippen LogP contribution in [-0.2, 0) is 4.79 Å². The Hall–Kier alpha value is -0.570. The van der Waals surface area contributed by atoms with Crippen LogP contribution in [0.15, 0.2) is 0 Å². The molecule has 0 radical (unpaired) electrons. The van der Waals surface area contributed by atoms with Gasteiger partial charge >= 0.3 is 5.97 Å². The smallest absolute Gasteiger partial charge is 0.309 e. The molecule has 3 nitrogen and oxygen atoms in total. The lowest BCUT2D eigenvalue weighted by atomic mass is 9.87. The van der Waals surface area contributed by atoms with Crippen molar-refractivity contribution in [1.29, 1.82) is 0 Å². The van der Waals surface area contributed by atoms with Crippen molar-refractivity contribution in [2.24, 2.45) is 5.41 Å². The normalized spacial score (nSPS) is 17.9. The van der Waals surface area contributed by atoms with Crippen LogP contribution in [0.25, 0.3) is 0 Å². The summed E-state index contributed by atoms with van der Waals surface area (Å²) in [4.78, 5) is 13.4. The first-order valence-corrected chi connectivity index (χ1v) is 6.87. The molecule has 0 bridgehead atoms. The molecule has 0 spiro atoms. The Kier molecular flexibility index (Phi) is 5.44. The van der Waals surface area contributed by atoms with Gasteiger partial charge in [-0.25, -0.2) is 0 Å². The zero-order valence-electron chi connectivity index (χ0n) is 11.5. The first kappa shape index (κ1) is 14.5. The summed E-state index contributed by atoms with van der Waals surface area (Å²) in [6.07, 6.45) is 8.34. The maximum Gasteiger partial charge on any atom is 0.309 e. The number of rotatable bonds is 7. The molecule has 0 aromatic rings. The number of nitrogens with zero attached hydrogens (tertiary/aromatic N) is 1. The molecule has 17 heavy (non-hydrogen) atoms. The van der Waals surface area contributed by atoms with E-state index in [-0.39, 0.29) is 0 Å². The second kappa shape index (κ2) is 6.39. The van der Waals surface area contributed by atoms with Crippen LogP contribution >= 0.6 is 0 Å². The Balaban J connectivity index is 2.13. The van der Waals surface area contributed by atoms with Gasteiger partial charge in [-0.2, -0.15) is 0 Å². The molecule has 1 saturated carbocycles. The van der Waals surface area contributed by atoms with Gasteiger partial charge in [0, 0.05) is 6.04 Å². The van der Waals surface area contributed by atoms with E-state index >= 15 is 0 Å². The fraction of sp³-hybridized carbons (Fsp3) is 0.929. The molecular weight excluding hydrogens is 214 g/mol. The maximum absolute atomic E-state index is 10.9. The Labute approximate surface area is 105 Å². The van der Waals surface area contributed by atoms with Crippen LogP contribution in [0.5, 0.6) is 0 Å². The third-order valence-electron chi connectivity index (χ3n) is 4.09. The SMILES string of the molecule is CN(CCCCC(C)(C)C(=O)O)C1CCCC1. The molecule has 100 valence electrons. The molecule has 0 saturated heterocycles. The predicted molar refractivity (Wildman–Crippen MR) is 70.2 cm³/mol. The summed E-state index contributed by atoms with van der Waals surface area (Å²) in [5, 5.41) is 9.01.